The predicted octanol–water partition coefficient (Wildman–Crippen LogP) is 4.75. The second-order valence-electron chi connectivity index (χ2n) is 3.70. The average Bonchev–Trinajstić information content (AvgIpc) is 2.08. The summed E-state index contributed by atoms with van der Waals surface area (Å²) in [5.74, 6) is 0. The zero-order chi connectivity index (χ0) is 10.9. The molecule has 0 rings (SSSR count). The molecule has 0 nitrogen and oxygen atoms in total. The molecule has 0 aliphatic heterocycles. The van der Waals surface area contributed by atoms with Crippen LogP contribution < -0.4 is 0 Å². The maximum atomic E-state index is 11.8. The Kier molecular flexibility index (Phi) is 7.72. The lowest BCUT2D eigenvalue weighted by molar-refractivity contribution is 0.458. The van der Waals surface area contributed by atoms with Crippen LogP contribution in [0.15, 0.2) is 12.7 Å². The Labute approximate surface area is 84.6 Å². The van der Waals surface area contributed by atoms with Crippen molar-refractivity contribution in [3.63, 3.8) is 0 Å². The molecule has 0 aromatic heterocycles. The zero-order valence-corrected chi connectivity index (χ0v) is 8.65. The molecule has 0 saturated carbocycles. The first-order valence-corrected chi connectivity index (χ1v) is 5.38. The van der Waals surface area contributed by atoms with Gasteiger partial charge in [0.15, 0.2) is 0 Å². The number of allylic oxidation sites excluding steroid dienone is 1. The van der Waals surface area contributed by atoms with Crippen molar-refractivity contribution in [2.45, 2.75) is 51.3 Å². The van der Waals surface area contributed by atoms with Gasteiger partial charge < -0.3 is 12.9 Å². The van der Waals surface area contributed by atoms with Crippen LogP contribution in [0, 0.1) is 0 Å². The quantitative estimate of drug-likeness (QED) is 0.290. The molecule has 0 heterocycles. The van der Waals surface area contributed by atoms with Gasteiger partial charge in [-0.15, -0.1) is 6.58 Å². The third-order valence-corrected chi connectivity index (χ3v) is 2.19. The summed E-state index contributed by atoms with van der Waals surface area (Å²) in [5.41, 5.74) is 0. The van der Waals surface area contributed by atoms with Crippen molar-refractivity contribution in [2.24, 2.45) is 0 Å². The Hall–Kier alpha value is -0.405. The van der Waals surface area contributed by atoms with Gasteiger partial charge >= 0.3 is 6.98 Å². The molecule has 0 saturated heterocycles. The molecule has 14 heavy (non-hydrogen) atoms. The summed E-state index contributed by atoms with van der Waals surface area (Å²) in [6.07, 6.45) is 7.59. The third kappa shape index (κ3) is 11.6. The minimum atomic E-state index is -4.55. The van der Waals surface area contributed by atoms with E-state index in [0.29, 0.717) is 6.42 Å². The van der Waals surface area contributed by atoms with Crippen LogP contribution in [-0.4, -0.2) is 6.98 Å². The normalized spacial score (nSPS) is 11.6. The van der Waals surface area contributed by atoms with Gasteiger partial charge in [0.1, 0.15) is 0 Å². The van der Waals surface area contributed by atoms with Gasteiger partial charge in [0.25, 0.3) is 0 Å². The van der Waals surface area contributed by atoms with Crippen molar-refractivity contribution in [2.75, 3.05) is 0 Å². The molecule has 0 aliphatic carbocycles. The molecule has 0 N–H and O–H groups in total. The lowest BCUT2D eigenvalue weighted by atomic mass is 9.83. The Morgan fingerprint density at radius 3 is 1.86 bits per heavy atom. The number of halogens is 3. The van der Waals surface area contributed by atoms with E-state index in [0.717, 1.165) is 38.5 Å². The van der Waals surface area contributed by atoms with E-state index in [1.54, 1.807) is 0 Å². The third-order valence-electron chi connectivity index (χ3n) is 2.19. The molecule has 0 atom stereocenters. The molecule has 0 spiro atoms. The van der Waals surface area contributed by atoms with Crippen LogP contribution in [0.2, 0.25) is 6.32 Å². The lowest BCUT2D eigenvalue weighted by Gasteiger charge is -2.12. The highest BCUT2D eigenvalue weighted by Crippen LogP contribution is 2.19. The molecule has 0 radical (unpaired) electrons. The first-order valence-electron chi connectivity index (χ1n) is 5.38. The fraction of sp³-hybridized carbons (Fsp3) is 0.800. The van der Waals surface area contributed by atoms with Crippen LogP contribution >= 0.6 is 0 Å². The first-order chi connectivity index (χ1) is 6.56. The predicted molar refractivity (Wildman–Crippen MR) is 56.4 cm³/mol. The van der Waals surface area contributed by atoms with Crippen LogP contribution in [0.5, 0.6) is 0 Å². The second kappa shape index (κ2) is 7.95. The smallest absolute Gasteiger partial charge is 0.449 e. The van der Waals surface area contributed by atoms with Crippen LogP contribution in [0.25, 0.3) is 0 Å². The molecule has 0 fully saturated rings. The van der Waals surface area contributed by atoms with E-state index in [2.05, 4.69) is 6.58 Å². The highest BCUT2D eigenvalue weighted by molar-refractivity contribution is 6.58. The molecule has 0 aromatic carbocycles. The van der Waals surface area contributed by atoms with Crippen molar-refractivity contribution in [3.8, 4) is 0 Å². The van der Waals surface area contributed by atoms with E-state index in [1.165, 1.54) is 0 Å². The van der Waals surface area contributed by atoms with Gasteiger partial charge in [0.2, 0.25) is 0 Å². The lowest BCUT2D eigenvalue weighted by Crippen LogP contribution is -2.13. The highest BCUT2D eigenvalue weighted by Gasteiger charge is 2.21. The molecular formula is C10H19BF3-. The fourth-order valence-corrected chi connectivity index (χ4v) is 1.37. The van der Waals surface area contributed by atoms with Crippen LogP contribution in [0.4, 0.5) is 12.9 Å². The Balaban J connectivity index is 3.03. The van der Waals surface area contributed by atoms with E-state index < -0.39 is 13.3 Å². The topological polar surface area (TPSA) is 0 Å². The van der Waals surface area contributed by atoms with E-state index in [1.807, 2.05) is 6.08 Å². The Bertz CT molecular complexity index is 143. The summed E-state index contributed by atoms with van der Waals surface area (Å²) in [4.78, 5) is 0. The van der Waals surface area contributed by atoms with Gasteiger partial charge in [0.05, 0.1) is 0 Å². The van der Waals surface area contributed by atoms with E-state index in [4.69, 9.17) is 0 Å². The van der Waals surface area contributed by atoms with Crippen molar-refractivity contribution < 1.29 is 12.9 Å². The van der Waals surface area contributed by atoms with Crippen molar-refractivity contribution >= 4 is 6.98 Å². The molecule has 84 valence electrons. The summed E-state index contributed by atoms with van der Waals surface area (Å²) in [5, 5.41) is 0. The highest BCUT2D eigenvalue weighted by atomic mass is 19.4. The van der Waals surface area contributed by atoms with E-state index >= 15 is 0 Å². The van der Waals surface area contributed by atoms with E-state index in [9.17, 15) is 12.9 Å². The monoisotopic (exact) mass is 207 g/mol. The standard InChI is InChI=1S/C10H19BF3/c1-2-3-4-5-6-7-8-9-10-11(12,13)14/h2H,1,3-10H2/q-1. The SMILES string of the molecule is C=CCCCCCCCC[B-](F)(F)F. The van der Waals surface area contributed by atoms with Crippen molar-refractivity contribution in [3.05, 3.63) is 12.7 Å². The maximum Gasteiger partial charge on any atom is 0.478 e. The molecule has 0 unspecified atom stereocenters. The van der Waals surface area contributed by atoms with Crippen LogP contribution in [0.1, 0.15) is 44.9 Å². The van der Waals surface area contributed by atoms with Gasteiger partial charge in [0, 0.05) is 0 Å². The summed E-state index contributed by atoms with van der Waals surface area (Å²) in [6.45, 7) is -0.934. The van der Waals surface area contributed by atoms with Gasteiger partial charge in [-0.1, -0.05) is 44.5 Å². The zero-order valence-electron chi connectivity index (χ0n) is 8.65. The molecule has 0 amide bonds. The molecule has 0 aliphatic rings. The second-order valence-corrected chi connectivity index (χ2v) is 3.70. The number of hydrogen-bond acceptors (Lipinski definition) is 0. The van der Waals surface area contributed by atoms with Gasteiger partial charge in [-0.3, -0.25) is 0 Å². The van der Waals surface area contributed by atoms with Crippen LogP contribution in [0.3, 0.4) is 0 Å². The largest absolute Gasteiger partial charge is 0.478 e. The summed E-state index contributed by atoms with van der Waals surface area (Å²) < 4.78 is 35.3. The fourth-order valence-electron chi connectivity index (χ4n) is 1.37. The summed E-state index contributed by atoms with van der Waals surface area (Å²) in [6, 6.07) is 0. The Morgan fingerprint density at radius 2 is 1.36 bits per heavy atom. The van der Waals surface area contributed by atoms with Gasteiger partial charge in [-0.25, -0.2) is 0 Å². The summed E-state index contributed by atoms with van der Waals surface area (Å²) >= 11 is 0. The average molecular weight is 207 g/mol. The molecular weight excluding hydrogens is 188 g/mol. The van der Waals surface area contributed by atoms with E-state index in [-0.39, 0.29) is 0 Å². The number of unbranched alkanes of at least 4 members (excludes halogenated alkanes) is 6. The maximum absolute atomic E-state index is 11.8. The number of rotatable bonds is 9. The minimum Gasteiger partial charge on any atom is -0.449 e. The van der Waals surface area contributed by atoms with Crippen molar-refractivity contribution in [1.82, 2.24) is 0 Å². The summed E-state index contributed by atoms with van der Waals surface area (Å²) in [7, 11) is 0. The van der Waals surface area contributed by atoms with Gasteiger partial charge in [-0.05, 0) is 12.8 Å². The minimum absolute atomic E-state index is 0.310. The number of hydrogen-bond donors (Lipinski definition) is 0. The first kappa shape index (κ1) is 13.6. The van der Waals surface area contributed by atoms with Crippen LogP contribution in [-0.2, 0) is 0 Å². The Morgan fingerprint density at radius 1 is 0.857 bits per heavy atom. The molecule has 0 aromatic rings. The molecule has 0 bridgehead atoms. The molecule has 4 heteroatoms. The van der Waals surface area contributed by atoms with Crippen molar-refractivity contribution in [1.29, 1.82) is 0 Å². The van der Waals surface area contributed by atoms with Gasteiger partial charge in [-0.2, -0.15) is 0 Å².